The number of carbonyl (C=O) groups is 1. The highest BCUT2D eigenvalue weighted by Crippen LogP contribution is 2.31. The number of pyridine rings is 1. The number of carbonyl (C=O) groups excluding carboxylic acids is 1. The molecule has 2 N–H and O–H groups in total. The van der Waals surface area contributed by atoms with Gasteiger partial charge in [0, 0.05) is 18.2 Å². The van der Waals surface area contributed by atoms with Gasteiger partial charge in [-0.15, -0.1) is 6.42 Å². The predicted molar refractivity (Wildman–Crippen MR) is 134 cm³/mol. The largest absolute Gasteiger partial charge is 0.472 e. The van der Waals surface area contributed by atoms with Crippen LogP contribution in [0.2, 0.25) is 0 Å². The molecule has 0 radical (unpaired) electrons. The van der Waals surface area contributed by atoms with Crippen LogP contribution in [0.4, 0.5) is 23.2 Å². The van der Waals surface area contributed by atoms with Gasteiger partial charge in [-0.3, -0.25) is 9.52 Å². The zero-order chi connectivity index (χ0) is 27.9. The molecular formula is C26H21F4N3O4S. The first-order valence-electron chi connectivity index (χ1n) is 10.8. The number of aromatic nitrogens is 1. The van der Waals surface area contributed by atoms with Gasteiger partial charge in [0.25, 0.3) is 0 Å². The normalized spacial score (nSPS) is 11.7. The van der Waals surface area contributed by atoms with E-state index >= 15 is 0 Å². The summed E-state index contributed by atoms with van der Waals surface area (Å²) in [5.41, 5.74) is -0.521. The number of hydrogen-bond donors (Lipinski definition) is 2. The monoisotopic (exact) mass is 547 g/mol. The number of amides is 1. The first-order valence-corrected chi connectivity index (χ1v) is 12.7. The molecule has 0 fully saturated rings. The Kier molecular flexibility index (Phi) is 8.75. The maximum Gasteiger partial charge on any atom is 0.433 e. The van der Waals surface area contributed by atoms with Gasteiger partial charge in [-0.05, 0) is 41.5 Å². The van der Waals surface area contributed by atoms with E-state index in [9.17, 15) is 30.8 Å². The zero-order valence-corrected chi connectivity index (χ0v) is 20.7. The molecule has 3 aromatic rings. The summed E-state index contributed by atoms with van der Waals surface area (Å²) in [6.07, 6.45) is 3.79. The van der Waals surface area contributed by atoms with Crippen molar-refractivity contribution >= 4 is 27.7 Å². The van der Waals surface area contributed by atoms with Crippen LogP contribution in [0.5, 0.6) is 5.88 Å². The van der Waals surface area contributed by atoms with E-state index in [4.69, 9.17) is 11.2 Å². The summed E-state index contributed by atoms with van der Waals surface area (Å²) in [7, 11) is -3.78. The Labute approximate surface area is 216 Å². The van der Waals surface area contributed by atoms with Gasteiger partial charge in [-0.1, -0.05) is 36.3 Å². The summed E-state index contributed by atoms with van der Waals surface area (Å²) in [6, 6.07) is 13.0. The molecule has 0 aliphatic heterocycles. The van der Waals surface area contributed by atoms with Crippen molar-refractivity contribution in [3.63, 3.8) is 0 Å². The van der Waals surface area contributed by atoms with Gasteiger partial charge in [0.15, 0.2) is 0 Å². The maximum absolute atomic E-state index is 14.4. The van der Waals surface area contributed by atoms with Crippen molar-refractivity contribution in [3.8, 4) is 18.2 Å². The molecular weight excluding hydrogens is 526 g/mol. The number of benzene rings is 2. The van der Waals surface area contributed by atoms with Gasteiger partial charge < -0.3 is 10.1 Å². The number of terminal acetylenes is 1. The Morgan fingerprint density at radius 3 is 2.47 bits per heavy atom. The summed E-state index contributed by atoms with van der Waals surface area (Å²) in [5, 5.41) is 2.49. The lowest BCUT2D eigenvalue weighted by atomic mass is 10.1. The smallest absolute Gasteiger partial charge is 0.433 e. The third kappa shape index (κ3) is 8.07. The number of rotatable bonds is 9. The Bertz CT molecular complexity index is 1500. The van der Waals surface area contributed by atoms with Crippen LogP contribution in [0.1, 0.15) is 27.9 Å². The van der Waals surface area contributed by atoms with E-state index in [-0.39, 0.29) is 41.4 Å². The second-order valence-corrected chi connectivity index (χ2v) is 9.68. The molecule has 2 aromatic carbocycles. The van der Waals surface area contributed by atoms with Crippen molar-refractivity contribution in [2.75, 3.05) is 11.0 Å². The Hall–Kier alpha value is -4.37. The highest BCUT2D eigenvalue weighted by molar-refractivity contribution is 7.92. The molecule has 0 saturated carbocycles. The fourth-order valence-electron chi connectivity index (χ4n) is 3.16. The topological polar surface area (TPSA) is 97.4 Å². The number of sulfonamides is 1. The molecule has 0 saturated heterocycles. The van der Waals surface area contributed by atoms with E-state index < -0.39 is 33.6 Å². The second kappa shape index (κ2) is 11.8. The summed E-state index contributed by atoms with van der Waals surface area (Å²) >= 11 is 0. The van der Waals surface area contributed by atoms with E-state index in [1.165, 1.54) is 12.1 Å². The van der Waals surface area contributed by atoms with Crippen molar-refractivity contribution in [1.29, 1.82) is 0 Å². The van der Waals surface area contributed by atoms with Gasteiger partial charge in [0.1, 0.15) is 18.1 Å². The molecule has 0 bridgehead atoms. The lowest BCUT2D eigenvalue weighted by molar-refractivity contribution is -0.141. The first-order chi connectivity index (χ1) is 17.9. The highest BCUT2D eigenvalue weighted by Gasteiger charge is 2.33. The highest BCUT2D eigenvalue weighted by atomic mass is 32.2. The van der Waals surface area contributed by atoms with Crippen molar-refractivity contribution in [1.82, 2.24) is 10.3 Å². The molecule has 0 aliphatic rings. The Morgan fingerprint density at radius 2 is 1.84 bits per heavy atom. The van der Waals surface area contributed by atoms with Gasteiger partial charge in [-0.25, -0.2) is 17.8 Å². The summed E-state index contributed by atoms with van der Waals surface area (Å²) in [5.74, 6) is 0.285. The number of hydrogen-bond acceptors (Lipinski definition) is 5. The van der Waals surface area contributed by atoms with Crippen molar-refractivity contribution in [2.45, 2.75) is 19.3 Å². The van der Waals surface area contributed by atoms with E-state index in [2.05, 4.69) is 16.2 Å². The summed E-state index contributed by atoms with van der Waals surface area (Å²) in [4.78, 5) is 15.9. The molecule has 0 atom stereocenters. The quantitative estimate of drug-likeness (QED) is 0.234. The van der Waals surface area contributed by atoms with Crippen LogP contribution < -0.4 is 14.8 Å². The van der Waals surface area contributed by atoms with Crippen LogP contribution in [0.25, 0.3) is 6.08 Å². The van der Waals surface area contributed by atoms with Crippen molar-refractivity contribution in [2.24, 2.45) is 0 Å². The van der Waals surface area contributed by atoms with Crippen LogP contribution in [0.15, 0.2) is 60.7 Å². The SMILES string of the molecule is C#Cc1cc(CNC(=O)C=Cc2ccc(C(F)(F)F)nc2OCc2ccccc2)cc(F)c1NS(C)(=O)=O. The minimum atomic E-state index is -4.69. The summed E-state index contributed by atoms with van der Waals surface area (Å²) in [6.45, 7) is -0.216. The van der Waals surface area contributed by atoms with Crippen LogP contribution in [-0.4, -0.2) is 25.6 Å². The lowest BCUT2D eigenvalue weighted by Crippen LogP contribution is -2.21. The average molecular weight is 548 g/mol. The van der Waals surface area contributed by atoms with Crippen LogP contribution in [0, 0.1) is 18.2 Å². The van der Waals surface area contributed by atoms with Gasteiger partial charge >= 0.3 is 6.18 Å². The fraction of sp³-hybridized carbons (Fsp3) is 0.154. The Morgan fingerprint density at radius 1 is 1.13 bits per heavy atom. The molecule has 0 unspecified atom stereocenters. The van der Waals surface area contributed by atoms with Gasteiger partial charge in [-0.2, -0.15) is 13.2 Å². The third-order valence-corrected chi connectivity index (χ3v) is 5.45. The molecule has 198 valence electrons. The predicted octanol–water partition coefficient (Wildman–Crippen LogP) is 4.50. The number of anilines is 1. The Balaban J connectivity index is 1.74. The minimum absolute atomic E-state index is 0.0462. The maximum atomic E-state index is 14.4. The minimum Gasteiger partial charge on any atom is -0.472 e. The molecule has 1 aromatic heterocycles. The molecule has 3 rings (SSSR count). The second-order valence-electron chi connectivity index (χ2n) is 7.93. The number of nitrogens with zero attached hydrogens (tertiary/aromatic N) is 1. The molecule has 38 heavy (non-hydrogen) atoms. The van der Waals surface area contributed by atoms with E-state index in [0.717, 1.165) is 30.5 Å². The standard InChI is InChI=1S/C26H21F4N3O4S/c1-3-19-13-18(14-21(27)24(19)33-38(2,35)36)15-31-23(34)12-10-20-9-11-22(26(28,29)30)32-25(20)37-16-17-7-5-4-6-8-17/h1,4-14,33H,15-16H2,2H3,(H,31,34). The molecule has 12 heteroatoms. The molecule has 1 amide bonds. The molecule has 7 nitrogen and oxygen atoms in total. The molecule has 0 aliphatic carbocycles. The lowest BCUT2D eigenvalue weighted by Gasteiger charge is -2.12. The zero-order valence-electron chi connectivity index (χ0n) is 19.8. The van der Waals surface area contributed by atoms with E-state index in [1.807, 2.05) is 4.72 Å². The average Bonchev–Trinajstić information content (AvgIpc) is 2.85. The van der Waals surface area contributed by atoms with E-state index in [1.54, 1.807) is 30.3 Å². The van der Waals surface area contributed by atoms with E-state index in [0.29, 0.717) is 5.56 Å². The number of halogens is 4. The molecule has 1 heterocycles. The molecule has 0 spiro atoms. The summed E-state index contributed by atoms with van der Waals surface area (Å²) < 4.78 is 84.3. The van der Waals surface area contributed by atoms with Crippen molar-refractivity contribution < 1.29 is 35.5 Å². The fourth-order valence-corrected chi connectivity index (χ4v) is 3.74. The third-order valence-electron chi connectivity index (χ3n) is 4.87. The van der Waals surface area contributed by atoms with Crippen LogP contribution in [-0.2, 0) is 34.1 Å². The van der Waals surface area contributed by atoms with Crippen LogP contribution in [0.3, 0.4) is 0 Å². The number of ether oxygens (including phenoxy) is 1. The first kappa shape index (κ1) is 28.2. The number of alkyl halides is 3. The van der Waals surface area contributed by atoms with Gasteiger partial charge in [0.05, 0.1) is 17.5 Å². The van der Waals surface area contributed by atoms with Crippen LogP contribution >= 0.6 is 0 Å². The van der Waals surface area contributed by atoms with Gasteiger partial charge in [0.2, 0.25) is 21.8 Å². The van der Waals surface area contributed by atoms with Crippen molar-refractivity contribution in [3.05, 3.63) is 94.4 Å². The number of nitrogens with one attached hydrogen (secondary N) is 2.